The van der Waals surface area contributed by atoms with E-state index < -0.39 is 11.9 Å². The molecule has 0 aromatic carbocycles. The third kappa shape index (κ3) is 1.99. The zero-order valence-electron chi connectivity index (χ0n) is 8.26. The average molecular weight is 241 g/mol. The van der Waals surface area contributed by atoms with E-state index in [9.17, 15) is 9.59 Å². The van der Waals surface area contributed by atoms with Gasteiger partial charge in [-0.2, -0.15) is 0 Å². The lowest BCUT2D eigenvalue weighted by Gasteiger charge is -2.36. The van der Waals surface area contributed by atoms with Crippen molar-refractivity contribution in [3.63, 3.8) is 0 Å². The number of likely N-dealkylation sites (tertiary alicyclic amines) is 1. The fourth-order valence-electron chi connectivity index (χ4n) is 1.46. The molecule has 1 aliphatic rings. The average Bonchev–Trinajstić information content (AvgIpc) is 2.15. The van der Waals surface area contributed by atoms with Crippen LogP contribution in [0, 0.1) is 5.92 Å². The lowest BCUT2D eigenvalue weighted by molar-refractivity contribution is -0.146. The van der Waals surface area contributed by atoms with Gasteiger partial charge in [-0.3, -0.25) is 9.59 Å². The number of carbonyl (C=O) groups is 2. The highest BCUT2D eigenvalue weighted by Crippen LogP contribution is 2.18. The smallest absolute Gasteiger partial charge is 0.310 e. The Morgan fingerprint density at radius 3 is 2.62 bits per heavy atom. The standard InChI is InChI=1S/C10H9ClN2O3/c11-7-1-2-8(12-3-7)9(14)13-4-6(5-13)10(15)16/h1-3,6H,4-5H2,(H,15,16). The fraction of sp³-hybridized carbons (Fsp3) is 0.300. The minimum Gasteiger partial charge on any atom is -0.481 e. The Morgan fingerprint density at radius 2 is 2.12 bits per heavy atom. The van der Waals surface area contributed by atoms with Gasteiger partial charge in [-0.05, 0) is 12.1 Å². The first kappa shape index (κ1) is 10.9. The van der Waals surface area contributed by atoms with Crippen LogP contribution < -0.4 is 0 Å². The molecule has 0 bridgehead atoms. The molecule has 0 atom stereocenters. The van der Waals surface area contributed by atoms with E-state index in [1.54, 1.807) is 6.07 Å². The first-order valence-corrected chi connectivity index (χ1v) is 5.09. The third-order valence-electron chi connectivity index (χ3n) is 2.46. The van der Waals surface area contributed by atoms with E-state index in [-0.39, 0.29) is 24.7 Å². The van der Waals surface area contributed by atoms with Crippen LogP contribution in [-0.2, 0) is 4.79 Å². The number of nitrogens with zero attached hydrogens (tertiary/aromatic N) is 2. The molecule has 6 heteroatoms. The Balaban J connectivity index is 2.00. The van der Waals surface area contributed by atoms with Crippen LogP contribution in [0.15, 0.2) is 18.3 Å². The van der Waals surface area contributed by atoms with Crippen molar-refractivity contribution in [1.29, 1.82) is 0 Å². The molecule has 1 saturated heterocycles. The molecule has 5 nitrogen and oxygen atoms in total. The van der Waals surface area contributed by atoms with E-state index in [1.165, 1.54) is 17.2 Å². The normalized spacial score (nSPS) is 15.7. The van der Waals surface area contributed by atoms with E-state index in [2.05, 4.69) is 4.98 Å². The summed E-state index contributed by atoms with van der Waals surface area (Å²) in [4.78, 5) is 27.6. The lowest BCUT2D eigenvalue weighted by atomic mass is 10.00. The summed E-state index contributed by atoms with van der Waals surface area (Å²) in [6.07, 6.45) is 1.39. The van der Waals surface area contributed by atoms with E-state index >= 15 is 0 Å². The number of hydrogen-bond acceptors (Lipinski definition) is 3. The molecule has 0 radical (unpaired) electrons. The van der Waals surface area contributed by atoms with Crippen molar-refractivity contribution in [1.82, 2.24) is 9.88 Å². The van der Waals surface area contributed by atoms with Gasteiger partial charge in [0, 0.05) is 19.3 Å². The molecular formula is C10H9ClN2O3. The fourth-order valence-corrected chi connectivity index (χ4v) is 1.58. The summed E-state index contributed by atoms with van der Waals surface area (Å²) in [5.74, 6) is -1.57. The van der Waals surface area contributed by atoms with Crippen molar-refractivity contribution < 1.29 is 14.7 Å². The molecule has 16 heavy (non-hydrogen) atoms. The molecule has 0 unspecified atom stereocenters. The molecule has 0 aliphatic carbocycles. The largest absolute Gasteiger partial charge is 0.481 e. The van der Waals surface area contributed by atoms with E-state index in [0.717, 1.165) is 0 Å². The molecule has 1 fully saturated rings. The summed E-state index contributed by atoms with van der Waals surface area (Å²) < 4.78 is 0. The molecule has 84 valence electrons. The maximum Gasteiger partial charge on any atom is 0.310 e. The molecule has 1 aliphatic heterocycles. The first-order chi connectivity index (χ1) is 7.58. The number of amides is 1. The van der Waals surface area contributed by atoms with Gasteiger partial charge in [-0.1, -0.05) is 11.6 Å². The zero-order chi connectivity index (χ0) is 11.7. The Kier molecular flexibility index (Phi) is 2.78. The maximum atomic E-state index is 11.7. The second-order valence-electron chi connectivity index (χ2n) is 3.61. The Hall–Kier alpha value is -1.62. The van der Waals surface area contributed by atoms with Crippen LogP contribution in [0.2, 0.25) is 5.02 Å². The zero-order valence-corrected chi connectivity index (χ0v) is 9.02. The summed E-state index contributed by atoms with van der Waals surface area (Å²) in [5, 5.41) is 9.13. The lowest BCUT2D eigenvalue weighted by Crippen LogP contribution is -2.53. The topological polar surface area (TPSA) is 70.5 Å². The van der Waals surface area contributed by atoms with Crippen molar-refractivity contribution in [3.8, 4) is 0 Å². The van der Waals surface area contributed by atoms with Crippen molar-refractivity contribution in [2.24, 2.45) is 5.92 Å². The Labute approximate surface area is 96.7 Å². The monoisotopic (exact) mass is 240 g/mol. The van der Waals surface area contributed by atoms with Crippen LogP contribution in [0.4, 0.5) is 0 Å². The van der Waals surface area contributed by atoms with E-state index in [1.807, 2.05) is 0 Å². The van der Waals surface area contributed by atoms with Crippen LogP contribution >= 0.6 is 11.6 Å². The van der Waals surface area contributed by atoms with Gasteiger partial charge in [0.2, 0.25) is 0 Å². The number of halogens is 1. The molecule has 0 spiro atoms. The van der Waals surface area contributed by atoms with Gasteiger partial charge in [-0.25, -0.2) is 4.98 Å². The number of pyridine rings is 1. The van der Waals surface area contributed by atoms with Gasteiger partial charge in [-0.15, -0.1) is 0 Å². The Morgan fingerprint density at radius 1 is 1.44 bits per heavy atom. The highest BCUT2D eigenvalue weighted by molar-refractivity contribution is 6.30. The summed E-state index contributed by atoms with van der Waals surface area (Å²) >= 11 is 5.64. The van der Waals surface area contributed by atoms with Gasteiger partial charge < -0.3 is 10.0 Å². The predicted molar refractivity (Wildman–Crippen MR) is 56.3 cm³/mol. The molecule has 2 heterocycles. The van der Waals surface area contributed by atoms with Gasteiger partial charge in [0.05, 0.1) is 10.9 Å². The van der Waals surface area contributed by atoms with Crippen LogP contribution in [0.25, 0.3) is 0 Å². The second-order valence-corrected chi connectivity index (χ2v) is 4.04. The number of rotatable bonds is 2. The van der Waals surface area contributed by atoms with Crippen molar-refractivity contribution in [3.05, 3.63) is 29.0 Å². The van der Waals surface area contributed by atoms with Gasteiger partial charge >= 0.3 is 5.97 Å². The van der Waals surface area contributed by atoms with Crippen molar-refractivity contribution in [2.75, 3.05) is 13.1 Å². The molecule has 1 N–H and O–H groups in total. The van der Waals surface area contributed by atoms with Crippen LogP contribution in [0.3, 0.4) is 0 Å². The van der Waals surface area contributed by atoms with Crippen molar-refractivity contribution in [2.45, 2.75) is 0 Å². The minimum atomic E-state index is -0.867. The highest BCUT2D eigenvalue weighted by Gasteiger charge is 2.36. The van der Waals surface area contributed by atoms with Gasteiger partial charge in [0.15, 0.2) is 0 Å². The SMILES string of the molecule is O=C(O)C1CN(C(=O)c2ccc(Cl)cn2)C1. The third-order valence-corrected chi connectivity index (χ3v) is 2.69. The molecular weight excluding hydrogens is 232 g/mol. The summed E-state index contributed by atoms with van der Waals surface area (Å²) in [7, 11) is 0. The number of hydrogen-bond donors (Lipinski definition) is 1. The van der Waals surface area contributed by atoms with E-state index in [0.29, 0.717) is 5.02 Å². The Bertz CT molecular complexity index is 426. The highest BCUT2D eigenvalue weighted by atomic mass is 35.5. The van der Waals surface area contributed by atoms with Crippen molar-refractivity contribution >= 4 is 23.5 Å². The van der Waals surface area contributed by atoms with Gasteiger partial charge in [0.1, 0.15) is 5.69 Å². The molecule has 1 aromatic rings. The minimum absolute atomic E-state index is 0.248. The number of carbonyl (C=O) groups excluding carboxylic acids is 1. The molecule has 1 amide bonds. The quantitative estimate of drug-likeness (QED) is 0.834. The van der Waals surface area contributed by atoms with Crippen LogP contribution in [0.5, 0.6) is 0 Å². The number of carboxylic acid groups (broad SMARTS) is 1. The van der Waals surface area contributed by atoms with Crippen LogP contribution in [0.1, 0.15) is 10.5 Å². The van der Waals surface area contributed by atoms with E-state index in [4.69, 9.17) is 16.7 Å². The summed E-state index contributed by atoms with van der Waals surface area (Å²) in [6.45, 7) is 0.497. The molecule has 1 aromatic heterocycles. The van der Waals surface area contributed by atoms with Gasteiger partial charge in [0.25, 0.3) is 5.91 Å². The number of aromatic nitrogens is 1. The molecule has 0 saturated carbocycles. The summed E-state index contributed by atoms with van der Waals surface area (Å²) in [6, 6.07) is 3.11. The summed E-state index contributed by atoms with van der Waals surface area (Å²) in [5.41, 5.74) is 0.285. The predicted octanol–water partition coefficient (Wildman–Crippen LogP) is 0.892. The van der Waals surface area contributed by atoms with Crippen LogP contribution in [-0.4, -0.2) is 40.0 Å². The maximum absolute atomic E-state index is 11.7. The molecule has 2 rings (SSSR count). The number of aliphatic carboxylic acids is 1. The number of carboxylic acids is 1. The first-order valence-electron chi connectivity index (χ1n) is 4.71. The second kappa shape index (κ2) is 4.09.